The SMILES string of the molecule is CO[C@H]1CC[C@](C)(N2CCC(Nc3cc(C)ccc3[N+](=O)[O-])CC2)CC1. The fourth-order valence-electron chi connectivity index (χ4n) is 4.47. The second kappa shape index (κ2) is 7.92. The van der Waals surface area contributed by atoms with Gasteiger partial charge < -0.3 is 10.1 Å². The number of nitrogens with one attached hydrogen (secondary N) is 1. The van der Waals surface area contributed by atoms with Crippen LogP contribution in [0, 0.1) is 17.0 Å². The van der Waals surface area contributed by atoms with E-state index in [0.717, 1.165) is 44.3 Å². The second-order valence-electron chi connectivity index (χ2n) is 8.12. The topological polar surface area (TPSA) is 67.6 Å². The molecule has 1 aromatic rings. The number of hydrogen-bond donors (Lipinski definition) is 1. The zero-order valence-corrected chi connectivity index (χ0v) is 16.2. The zero-order valence-electron chi connectivity index (χ0n) is 16.2. The van der Waals surface area contributed by atoms with Gasteiger partial charge in [-0.2, -0.15) is 0 Å². The normalized spacial score (nSPS) is 28.0. The molecule has 0 aromatic heterocycles. The lowest BCUT2D eigenvalue weighted by molar-refractivity contribution is -0.384. The average Bonchev–Trinajstić information content (AvgIpc) is 2.63. The number of piperidine rings is 1. The van der Waals surface area contributed by atoms with Gasteiger partial charge in [0.05, 0.1) is 11.0 Å². The Bertz CT molecular complexity index is 633. The minimum absolute atomic E-state index is 0.169. The summed E-state index contributed by atoms with van der Waals surface area (Å²) in [6.45, 7) is 6.45. The van der Waals surface area contributed by atoms with E-state index in [2.05, 4.69) is 17.1 Å². The van der Waals surface area contributed by atoms with Gasteiger partial charge in [-0.25, -0.2) is 0 Å². The van der Waals surface area contributed by atoms with Gasteiger partial charge in [-0.15, -0.1) is 0 Å². The van der Waals surface area contributed by atoms with Gasteiger partial charge in [0.2, 0.25) is 0 Å². The summed E-state index contributed by atoms with van der Waals surface area (Å²) in [7, 11) is 1.81. The molecule has 0 radical (unpaired) electrons. The molecule has 26 heavy (non-hydrogen) atoms. The van der Waals surface area contributed by atoms with Crippen LogP contribution in [-0.2, 0) is 4.74 Å². The van der Waals surface area contributed by atoms with E-state index in [1.54, 1.807) is 12.1 Å². The predicted molar refractivity (Wildman–Crippen MR) is 104 cm³/mol. The van der Waals surface area contributed by atoms with E-state index in [-0.39, 0.29) is 16.1 Å². The molecule has 0 bridgehead atoms. The molecule has 144 valence electrons. The Morgan fingerprint density at radius 1 is 1.23 bits per heavy atom. The number of benzene rings is 1. The van der Waals surface area contributed by atoms with Crippen molar-refractivity contribution in [2.75, 3.05) is 25.5 Å². The van der Waals surface area contributed by atoms with Gasteiger partial charge in [-0.3, -0.25) is 15.0 Å². The van der Waals surface area contributed by atoms with Crippen molar-refractivity contribution < 1.29 is 9.66 Å². The van der Waals surface area contributed by atoms with E-state index < -0.39 is 0 Å². The third-order valence-electron chi connectivity index (χ3n) is 6.31. The highest BCUT2D eigenvalue weighted by Gasteiger charge is 2.38. The number of nitro groups is 1. The van der Waals surface area contributed by atoms with E-state index in [1.165, 1.54) is 12.8 Å². The molecule has 1 aromatic carbocycles. The monoisotopic (exact) mass is 361 g/mol. The maximum atomic E-state index is 11.3. The van der Waals surface area contributed by atoms with Crippen LogP contribution >= 0.6 is 0 Å². The molecule has 1 saturated heterocycles. The minimum Gasteiger partial charge on any atom is -0.381 e. The second-order valence-corrected chi connectivity index (χ2v) is 8.12. The first-order chi connectivity index (χ1) is 12.4. The molecule has 1 aliphatic heterocycles. The number of anilines is 1. The molecule has 2 fully saturated rings. The van der Waals surface area contributed by atoms with Crippen molar-refractivity contribution in [1.29, 1.82) is 0 Å². The number of nitro benzene ring substituents is 1. The van der Waals surface area contributed by atoms with Crippen LogP contribution in [0.25, 0.3) is 0 Å². The molecule has 0 unspecified atom stereocenters. The van der Waals surface area contributed by atoms with Crippen LogP contribution in [0.5, 0.6) is 0 Å². The molecular formula is C20H31N3O3. The molecule has 0 spiro atoms. The van der Waals surface area contributed by atoms with Crippen LogP contribution in [0.15, 0.2) is 18.2 Å². The molecule has 1 aliphatic carbocycles. The van der Waals surface area contributed by atoms with E-state index in [1.807, 2.05) is 20.1 Å². The quantitative estimate of drug-likeness (QED) is 0.631. The van der Waals surface area contributed by atoms with Crippen molar-refractivity contribution in [3.63, 3.8) is 0 Å². The van der Waals surface area contributed by atoms with Gasteiger partial charge in [0.1, 0.15) is 5.69 Å². The first-order valence-electron chi connectivity index (χ1n) is 9.71. The Labute approximate surface area is 156 Å². The van der Waals surface area contributed by atoms with Gasteiger partial charge in [-0.1, -0.05) is 6.07 Å². The predicted octanol–water partition coefficient (Wildman–Crippen LogP) is 4.13. The molecule has 1 N–H and O–H groups in total. The fourth-order valence-corrected chi connectivity index (χ4v) is 4.47. The standard InChI is InChI=1S/C20H31N3O3/c1-15-4-5-19(23(24)25)18(14-15)21-16-8-12-22(13-9-16)20(2)10-6-17(26-3)7-11-20/h4-5,14,16-17,21H,6-13H2,1-3H3/t17-,20-. The Balaban J connectivity index is 1.58. The molecule has 0 amide bonds. The van der Waals surface area contributed by atoms with E-state index in [0.29, 0.717) is 17.8 Å². The summed E-state index contributed by atoms with van der Waals surface area (Å²) >= 11 is 0. The van der Waals surface area contributed by atoms with Gasteiger partial charge in [-0.05, 0) is 64.0 Å². The summed E-state index contributed by atoms with van der Waals surface area (Å²) in [5, 5.41) is 14.7. The van der Waals surface area contributed by atoms with E-state index in [9.17, 15) is 10.1 Å². The molecule has 0 atom stereocenters. The highest BCUT2D eigenvalue weighted by molar-refractivity contribution is 5.63. The Morgan fingerprint density at radius 2 is 1.88 bits per heavy atom. The summed E-state index contributed by atoms with van der Waals surface area (Å²) in [5.41, 5.74) is 2.14. The molecule has 1 heterocycles. The minimum atomic E-state index is -0.299. The van der Waals surface area contributed by atoms with E-state index in [4.69, 9.17) is 4.74 Å². The van der Waals surface area contributed by atoms with Crippen LogP contribution in [0.4, 0.5) is 11.4 Å². The van der Waals surface area contributed by atoms with Gasteiger partial charge in [0.15, 0.2) is 0 Å². The van der Waals surface area contributed by atoms with Gasteiger partial charge >= 0.3 is 0 Å². The largest absolute Gasteiger partial charge is 0.381 e. The van der Waals surface area contributed by atoms with Crippen molar-refractivity contribution >= 4 is 11.4 Å². The molecule has 6 nitrogen and oxygen atoms in total. The summed E-state index contributed by atoms with van der Waals surface area (Å²) in [6, 6.07) is 5.58. The first kappa shape index (κ1) is 19.1. The number of rotatable bonds is 5. The van der Waals surface area contributed by atoms with Crippen LogP contribution in [0.3, 0.4) is 0 Å². The number of hydrogen-bond acceptors (Lipinski definition) is 5. The van der Waals surface area contributed by atoms with Crippen LogP contribution in [0.2, 0.25) is 0 Å². The van der Waals surface area contributed by atoms with Crippen LogP contribution < -0.4 is 5.32 Å². The third kappa shape index (κ3) is 4.18. The molecule has 1 saturated carbocycles. The molecule has 6 heteroatoms. The lowest BCUT2D eigenvalue weighted by Crippen LogP contribution is -2.53. The summed E-state index contributed by atoms with van der Waals surface area (Å²) in [6.07, 6.45) is 7.12. The van der Waals surface area contributed by atoms with Crippen molar-refractivity contribution in [3.8, 4) is 0 Å². The van der Waals surface area contributed by atoms with Crippen LogP contribution in [0.1, 0.15) is 51.0 Å². The lowest BCUT2D eigenvalue weighted by atomic mass is 9.79. The molecule has 2 aliphatic rings. The Morgan fingerprint density at radius 3 is 2.46 bits per heavy atom. The number of ether oxygens (including phenoxy) is 1. The number of likely N-dealkylation sites (tertiary alicyclic amines) is 1. The number of aryl methyl sites for hydroxylation is 1. The van der Waals surface area contributed by atoms with Gasteiger partial charge in [0.25, 0.3) is 5.69 Å². The summed E-state index contributed by atoms with van der Waals surface area (Å²) in [5.74, 6) is 0. The highest BCUT2D eigenvalue weighted by Crippen LogP contribution is 2.36. The summed E-state index contributed by atoms with van der Waals surface area (Å²) < 4.78 is 5.51. The maximum Gasteiger partial charge on any atom is 0.292 e. The summed E-state index contributed by atoms with van der Waals surface area (Å²) in [4.78, 5) is 13.6. The first-order valence-corrected chi connectivity index (χ1v) is 9.71. The Kier molecular flexibility index (Phi) is 5.82. The highest BCUT2D eigenvalue weighted by atomic mass is 16.6. The molecular weight excluding hydrogens is 330 g/mol. The molecule has 3 rings (SSSR count). The smallest absolute Gasteiger partial charge is 0.292 e. The van der Waals surface area contributed by atoms with E-state index >= 15 is 0 Å². The zero-order chi connectivity index (χ0) is 18.7. The Hall–Kier alpha value is -1.66. The maximum absolute atomic E-state index is 11.3. The lowest BCUT2D eigenvalue weighted by Gasteiger charge is -2.48. The number of methoxy groups -OCH3 is 1. The van der Waals surface area contributed by atoms with Crippen LogP contribution in [-0.4, -0.2) is 47.7 Å². The van der Waals surface area contributed by atoms with Crippen molar-refractivity contribution in [3.05, 3.63) is 33.9 Å². The average molecular weight is 361 g/mol. The fraction of sp³-hybridized carbons (Fsp3) is 0.700. The van der Waals surface area contributed by atoms with Crippen molar-refractivity contribution in [1.82, 2.24) is 4.90 Å². The number of nitrogens with zero attached hydrogens (tertiary/aromatic N) is 2. The van der Waals surface area contributed by atoms with Crippen molar-refractivity contribution in [2.24, 2.45) is 0 Å². The third-order valence-corrected chi connectivity index (χ3v) is 6.31. The van der Waals surface area contributed by atoms with Gasteiger partial charge in [0, 0.05) is 37.8 Å². The van der Waals surface area contributed by atoms with Crippen molar-refractivity contribution in [2.45, 2.75) is 70.1 Å².